The van der Waals surface area contributed by atoms with Crippen LogP contribution in [0.2, 0.25) is 0 Å². The van der Waals surface area contributed by atoms with Crippen LogP contribution in [0.5, 0.6) is 0 Å². The van der Waals surface area contributed by atoms with Crippen molar-refractivity contribution in [2.45, 2.75) is 26.2 Å². The van der Waals surface area contributed by atoms with Gasteiger partial charge in [0.25, 0.3) is 0 Å². The third kappa shape index (κ3) is 4.55. The minimum absolute atomic E-state index is 0.0726. The lowest BCUT2D eigenvalue weighted by atomic mass is 9.95. The molecule has 0 aromatic heterocycles. The number of halogens is 1. The van der Waals surface area contributed by atoms with E-state index < -0.39 is 0 Å². The molecule has 0 saturated carbocycles. The third-order valence-corrected chi connectivity index (χ3v) is 4.79. The van der Waals surface area contributed by atoms with E-state index in [9.17, 15) is 4.79 Å². The number of benzene rings is 1. The Kier molecular flexibility index (Phi) is 5.77. The molecule has 21 heavy (non-hydrogen) atoms. The lowest BCUT2D eigenvalue weighted by molar-refractivity contribution is -0.121. The van der Waals surface area contributed by atoms with Gasteiger partial charge in [-0.3, -0.25) is 4.79 Å². The Morgan fingerprint density at radius 3 is 2.81 bits per heavy atom. The van der Waals surface area contributed by atoms with Crippen molar-refractivity contribution in [1.29, 1.82) is 5.26 Å². The summed E-state index contributed by atoms with van der Waals surface area (Å²) < 4.78 is 1.01. The van der Waals surface area contributed by atoms with Crippen LogP contribution in [0.15, 0.2) is 22.7 Å². The summed E-state index contributed by atoms with van der Waals surface area (Å²) in [6, 6.07) is 8.03. The molecule has 1 N–H and O–H groups in total. The summed E-state index contributed by atoms with van der Waals surface area (Å²) in [5.41, 5.74) is 1.99. The Balaban J connectivity index is 1.84. The quantitative estimate of drug-likeness (QED) is 0.906. The van der Waals surface area contributed by atoms with E-state index in [1.54, 1.807) is 0 Å². The number of nitriles is 1. The first-order chi connectivity index (χ1) is 10.1. The van der Waals surface area contributed by atoms with Crippen LogP contribution < -0.4 is 5.32 Å². The van der Waals surface area contributed by atoms with Crippen LogP contribution in [0, 0.1) is 24.2 Å². The van der Waals surface area contributed by atoms with Crippen molar-refractivity contribution in [3.63, 3.8) is 0 Å². The summed E-state index contributed by atoms with van der Waals surface area (Å²) in [6.45, 7) is 4.64. The summed E-state index contributed by atoms with van der Waals surface area (Å²) >= 11 is 3.48. The van der Waals surface area contributed by atoms with E-state index in [1.807, 2.05) is 25.1 Å². The molecule has 0 bridgehead atoms. The molecule has 1 aromatic rings. The van der Waals surface area contributed by atoms with E-state index in [4.69, 9.17) is 5.26 Å². The molecule has 1 fully saturated rings. The zero-order valence-electron chi connectivity index (χ0n) is 12.2. The van der Waals surface area contributed by atoms with Gasteiger partial charge in [0, 0.05) is 29.0 Å². The van der Waals surface area contributed by atoms with Gasteiger partial charge in [0.15, 0.2) is 0 Å². The van der Waals surface area contributed by atoms with E-state index >= 15 is 0 Å². The van der Waals surface area contributed by atoms with E-state index in [-0.39, 0.29) is 11.8 Å². The molecule has 0 aliphatic carbocycles. The minimum atomic E-state index is 0.0726. The van der Waals surface area contributed by atoms with Crippen molar-refractivity contribution < 1.29 is 4.79 Å². The monoisotopic (exact) mass is 349 g/mol. The number of nitrogens with one attached hydrogen (secondary N) is 1. The first-order valence-electron chi connectivity index (χ1n) is 7.26. The summed E-state index contributed by atoms with van der Waals surface area (Å²) in [4.78, 5) is 14.5. The SMILES string of the molecule is Cc1ccc(NC(=O)C2CCN(CCC#N)CC2)cc1Br. The van der Waals surface area contributed by atoms with Crippen LogP contribution >= 0.6 is 15.9 Å². The van der Waals surface area contributed by atoms with Gasteiger partial charge in [-0.2, -0.15) is 5.26 Å². The number of anilines is 1. The maximum absolute atomic E-state index is 12.3. The summed E-state index contributed by atoms with van der Waals surface area (Å²) in [7, 11) is 0. The highest BCUT2D eigenvalue weighted by Crippen LogP contribution is 2.23. The Labute approximate surface area is 134 Å². The molecule has 0 radical (unpaired) electrons. The van der Waals surface area contributed by atoms with Gasteiger partial charge >= 0.3 is 0 Å². The van der Waals surface area contributed by atoms with Crippen LogP contribution in [0.25, 0.3) is 0 Å². The average molecular weight is 350 g/mol. The summed E-state index contributed by atoms with van der Waals surface area (Å²) in [5.74, 6) is 0.175. The van der Waals surface area contributed by atoms with Gasteiger partial charge in [-0.1, -0.05) is 22.0 Å². The van der Waals surface area contributed by atoms with Gasteiger partial charge in [0.1, 0.15) is 0 Å². The predicted molar refractivity (Wildman–Crippen MR) is 86.9 cm³/mol. The van der Waals surface area contributed by atoms with Crippen LogP contribution in [0.3, 0.4) is 0 Å². The fourth-order valence-electron chi connectivity index (χ4n) is 2.54. The number of piperidine rings is 1. The lowest BCUT2D eigenvalue weighted by Gasteiger charge is -2.30. The average Bonchev–Trinajstić information content (AvgIpc) is 2.49. The Hall–Kier alpha value is -1.38. The molecule has 0 spiro atoms. The number of amides is 1. The molecule has 1 aliphatic heterocycles. The van der Waals surface area contributed by atoms with Crippen LogP contribution in [-0.2, 0) is 4.79 Å². The first kappa shape index (κ1) is 16.0. The molecule has 1 amide bonds. The smallest absolute Gasteiger partial charge is 0.227 e. The molecule has 1 heterocycles. The van der Waals surface area contributed by atoms with Gasteiger partial charge in [0.05, 0.1) is 6.07 Å². The zero-order chi connectivity index (χ0) is 15.2. The fourth-order valence-corrected chi connectivity index (χ4v) is 2.92. The van der Waals surface area contributed by atoms with E-state index in [1.165, 1.54) is 0 Å². The second-order valence-corrected chi connectivity index (χ2v) is 6.33. The van der Waals surface area contributed by atoms with E-state index in [0.29, 0.717) is 6.42 Å². The highest BCUT2D eigenvalue weighted by atomic mass is 79.9. The molecule has 4 nitrogen and oxygen atoms in total. The number of aryl methyl sites for hydroxylation is 1. The van der Waals surface area contributed by atoms with Crippen LogP contribution in [-0.4, -0.2) is 30.4 Å². The normalized spacial score (nSPS) is 16.4. The fraction of sp³-hybridized carbons (Fsp3) is 0.500. The lowest BCUT2D eigenvalue weighted by Crippen LogP contribution is -2.38. The van der Waals surface area contributed by atoms with Crippen molar-refractivity contribution >= 4 is 27.5 Å². The Morgan fingerprint density at radius 2 is 2.19 bits per heavy atom. The number of rotatable bonds is 4. The molecule has 0 unspecified atom stereocenters. The van der Waals surface area contributed by atoms with Crippen molar-refractivity contribution in [2.24, 2.45) is 5.92 Å². The highest BCUT2D eigenvalue weighted by Gasteiger charge is 2.24. The van der Waals surface area contributed by atoms with E-state index in [0.717, 1.165) is 48.2 Å². The van der Waals surface area contributed by atoms with Gasteiger partial charge in [-0.05, 0) is 50.6 Å². The van der Waals surface area contributed by atoms with E-state index in [2.05, 4.69) is 32.2 Å². The standard InChI is InChI=1S/C16H20BrN3O/c1-12-3-4-14(11-15(12)17)19-16(21)13-5-9-20(10-6-13)8-2-7-18/h3-4,11,13H,2,5-6,8-10H2,1H3,(H,19,21). The molecule has 112 valence electrons. The molecule has 1 aromatic carbocycles. The number of carbonyl (C=O) groups excluding carboxylic acids is 1. The van der Waals surface area contributed by atoms with Crippen molar-refractivity contribution in [3.05, 3.63) is 28.2 Å². The Bertz CT molecular complexity index is 545. The summed E-state index contributed by atoms with van der Waals surface area (Å²) in [6.07, 6.45) is 2.29. The maximum atomic E-state index is 12.3. The van der Waals surface area contributed by atoms with Gasteiger partial charge in [0.2, 0.25) is 5.91 Å². The number of likely N-dealkylation sites (tertiary alicyclic amines) is 1. The van der Waals surface area contributed by atoms with Gasteiger partial charge < -0.3 is 10.2 Å². The number of carbonyl (C=O) groups is 1. The largest absolute Gasteiger partial charge is 0.326 e. The third-order valence-electron chi connectivity index (χ3n) is 3.94. The Morgan fingerprint density at radius 1 is 1.48 bits per heavy atom. The first-order valence-corrected chi connectivity index (χ1v) is 8.06. The second-order valence-electron chi connectivity index (χ2n) is 5.48. The minimum Gasteiger partial charge on any atom is -0.326 e. The zero-order valence-corrected chi connectivity index (χ0v) is 13.8. The number of nitrogens with zero attached hydrogens (tertiary/aromatic N) is 2. The van der Waals surface area contributed by atoms with Gasteiger partial charge in [-0.25, -0.2) is 0 Å². The summed E-state index contributed by atoms with van der Waals surface area (Å²) in [5, 5.41) is 11.6. The van der Waals surface area contributed by atoms with Crippen LogP contribution in [0.1, 0.15) is 24.8 Å². The predicted octanol–water partition coefficient (Wildman–Crippen LogP) is 3.32. The highest BCUT2D eigenvalue weighted by molar-refractivity contribution is 9.10. The molecule has 1 aliphatic rings. The maximum Gasteiger partial charge on any atom is 0.227 e. The number of hydrogen-bond donors (Lipinski definition) is 1. The molecular weight excluding hydrogens is 330 g/mol. The molecule has 5 heteroatoms. The molecule has 1 saturated heterocycles. The topological polar surface area (TPSA) is 56.1 Å². The molecule has 2 rings (SSSR count). The van der Waals surface area contributed by atoms with Crippen LogP contribution in [0.4, 0.5) is 5.69 Å². The second kappa shape index (κ2) is 7.58. The van der Waals surface area contributed by atoms with Crippen molar-refractivity contribution in [3.8, 4) is 6.07 Å². The molecular formula is C16H20BrN3O. The molecule has 0 atom stereocenters. The van der Waals surface area contributed by atoms with Gasteiger partial charge in [-0.15, -0.1) is 0 Å². The van der Waals surface area contributed by atoms with Crippen molar-refractivity contribution in [1.82, 2.24) is 4.90 Å². The van der Waals surface area contributed by atoms with Crippen molar-refractivity contribution in [2.75, 3.05) is 25.0 Å². The number of hydrogen-bond acceptors (Lipinski definition) is 3.